The van der Waals surface area contributed by atoms with Gasteiger partial charge in [0, 0.05) is 31.9 Å². The predicted molar refractivity (Wildman–Crippen MR) is 112 cm³/mol. The predicted octanol–water partition coefficient (Wildman–Crippen LogP) is 3.18. The lowest BCUT2D eigenvalue weighted by Gasteiger charge is -2.26. The van der Waals surface area contributed by atoms with Gasteiger partial charge in [0.05, 0.1) is 25.1 Å². The van der Waals surface area contributed by atoms with Crippen molar-refractivity contribution in [2.45, 2.75) is 26.2 Å². The van der Waals surface area contributed by atoms with Gasteiger partial charge in [-0.25, -0.2) is 4.98 Å². The summed E-state index contributed by atoms with van der Waals surface area (Å²) in [6.45, 7) is 11.4. The first-order valence-corrected chi connectivity index (χ1v) is 9.84. The third kappa shape index (κ3) is 5.78. The van der Waals surface area contributed by atoms with Crippen LogP contribution in [0.1, 0.15) is 36.8 Å². The van der Waals surface area contributed by atoms with Gasteiger partial charge in [0.25, 0.3) is 5.91 Å². The summed E-state index contributed by atoms with van der Waals surface area (Å²) >= 11 is 0. The molecule has 1 saturated heterocycles. The van der Waals surface area contributed by atoms with E-state index in [1.807, 2.05) is 6.07 Å². The Kier molecular flexibility index (Phi) is 6.65. The summed E-state index contributed by atoms with van der Waals surface area (Å²) in [6.07, 6.45) is 1.69. The van der Waals surface area contributed by atoms with Crippen LogP contribution in [0.4, 0.5) is 11.4 Å². The number of hydrogen-bond acceptors (Lipinski definition) is 5. The summed E-state index contributed by atoms with van der Waals surface area (Å²) in [6, 6.07) is 12.0. The molecule has 1 aromatic heterocycles. The van der Waals surface area contributed by atoms with Gasteiger partial charge in [-0.2, -0.15) is 0 Å². The highest BCUT2D eigenvalue weighted by atomic mass is 16.5. The summed E-state index contributed by atoms with van der Waals surface area (Å²) in [5.74, 6) is -0.144. The number of morpholine rings is 1. The minimum Gasteiger partial charge on any atom is -0.379 e. The summed E-state index contributed by atoms with van der Waals surface area (Å²) < 4.78 is 5.33. The van der Waals surface area contributed by atoms with Crippen LogP contribution in [0, 0.1) is 0 Å². The smallest absolute Gasteiger partial charge is 0.269 e. The standard InChI is InChI=1S/C22H30N4O2/c1-22(2,3)17-4-6-18(7-5-17)25-19-8-9-20(24-16-19)21(27)23-10-11-26-12-14-28-15-13-26/h4-9,16,25H,10-15H2,1-3H3,(H,23,27). The maximum Gasteiger partial charge on any atom is 0.269 e. The Hall–Kier alpha value is -2.44. The monoisotopic (exact) mass is 382 g/mol. The molecular weight excluding hydrogens is 352 g/mol. The van der Waals surface area contributed by atoms with Gasteiger partial charge in [-0.3, -0.25) is 9.69 Å². The van der Waals surface area contributed by atoms with E-state index in [9.17, 15) is 4.79 Å². The fourth-order valence-corrected chi connectivity index (χ4v) is 3.07. The van der Waals surface area contributed by atoms with Gasteiger partial charge >= 0.3 is 0 Å². The number of rotatable bonds is 6. The molecule has 0 atom stereocenters. The third-order valence-electron chi connectivity index (χ3n) is 4.85. The summed E-state index contributed by atoms with van der Waals surface area (Å²) in [7, 11) is 0. The molecule has 1 aromatic carbocycles. The molecule has 2 aromatic rings. The highest BCUT2D eigenvalue weighted by Gasteiger charge is 2.13. The van der Waals surface area contributed by atoms with E-state index < -0.39 is 0 Å². The average molecular weight is 383 g/mol. The second-order valence-corrected chi connectivity index (χ2v) is 8.09. The third-order valence-corrected chi connectivity index (χ3v) is 4.85. The lowest BCUT2D eigenvalue weighted by atomic mass is 9.87. The second kappa shape index (κ2) is 9.17. The maximum absolute atomic E-state index is 12.3. The maximum atomic E-state index is 12.3. The summed E-state index contributed by atoms with van der Waals surface area (Å²) in [5.41, 5.74) is 3.71. The molecule has 1 aliphatic heterocycles. The molecule has 1 amide bonds. The van der Waals surface area contributed by atoms with Gasteiger partial charge in [0.1, 0.15) is 5.69 Å². The Morgan fingerprint density at radius 3 is 2.36 bits per heavy atom. The Balaban J connectivity index is 1.49. The number of pyridine rings is 1. The first-order chi connectivity index (χ1) is 13.4. The van der Waals surface area contributed by atoms with Gasteiger partial charge in [0.15, 0.2) is 0 Å². The minimum absolute atomic E-state index is 0.136. The number of benzene rings is 1. The summed E-state index contributed by atoms with van der Waals surface area (Å²) in [5, 5.41) is 6.25. The van der Waals surface area contributed by atoms with Crippen molar-refractivity contribution in [1.82, 2.24) is 15.2 Å². The van der Waals surface area contributed by atoms with Crippen molar-refractivity contribution in [1.29, 1.82) is 0 Å². The van der Waals surface area contributed by atoms with Crippen molar-refractivity contribution >= 4 is 17.3 Å². The van der Waals surface area contributed by atoms with E-state index in [0.29, 0.717) is 12.2 Å². The number of nitrogens with zero attached hydrogens (tertiary/aromatic N) is 2. The fraction of sp³-hybridized carbons (Fsp3) is 0.455. The van der Waals surface area contributed by atoms with E-state index in [-0.39, 0.29) is 11.3 Å². The number of nitrogens with one attached hydrogen (secondary N) is 2. The molecule has 0 bridgehead atoms. The van der Waals surface area contributed by atoms with E-state index in [2.05, 4.69) is 65.6 Å². The highest BCUT2D eigenvalue weighted by Crippen LogP contribution is 2.24. The van der Waals surface area contributed by atoms with Crippen LogP contribution < -0.4 is 10.6 Å². The molecule has 6 nitrogen and oxygen atoms in total. The SMILES string of the molecule is CC(C)(C)c1ccc(Nc2ccc(C(=O)NCCN3CCOCC3)nc2)cc1. The number of carbonyl (C=O) groups excluding carboxylic acids is 1. The number of anilines is 2. The van der Waals surface area contributed by atoms with Crippen molar-refractivity contribution in [3.8, 4) is 0 Å². The topological polar surface area (TPSA) is 66.5 Å². The molecule has 0 aliphatic carbocycles. The van der Waals surface area contributed by atoms with Crippen LogP contribution in [-0.2, 0) is 10.2 Å². The summed E-state index contributed by atoms with van der Waals surface area (Å²) in [4.78, 5) is 18.8. The van der Waals surface area contributed by atoms with Gasteiger partial charge in [-0.1, -0.05) is 32.9 Å². The van der Waals surface area contributed by atoms with Crippen LogP contribution in [0.2, 0.25) is 0 Å². The molecule has 28 heavy (non-hydrogen) atoms. The molecule has 0 radical (unpaired) electrons. The Labute approximate surface area is 167 Å². The van der Waals surface area contributed by atoms with Crippen LogP contribution in [-0.4, -0.2) is 55.2 Å². The van der Waals surface area contributed by atoms with Crippen molar-refractivity contribution in [3.05, 3.63) is 53.9 Å². The quantitative estimate of drug-likeness (QED) is 0.803. The molecule has 0 unspecified atom stereocenters. The van der Waals surface area contributed by atoms with Crippen molar-refractivity contribution in [3.63, 3.8) is 0 Å². The lowest BCUT2D eigenvalue weighted by Crippen LogP contribution is -2.41. The first-order valence-electron chi connectivity index (χ1n) is 9.84. The first kappa shape index (κ1) is 20.3. The molecule has 1 fully saturated rings. The van der Waals surface area contributed by atoms with Crippen LogP contribution >= 0.6 is 0 Å². The molecule has 1 aliphatic rings. The minimum atomic E-state index is -0.144. The van der Waals surface area contributed by atoms with E-state index in [1.165, 1.54) is 5.56 Å². The van der Waals surface area contributed by atoms with Gasteiger partial charge in [-0.05, 0) is 35.2 Å². The molecule has 2 N–H and O–H groups in total. The van der Waals surface area contributed by atoms with Crippen molar-refractivity contribution < 1.29 is 9.53 Å². The number of hydrogen-bond donors (Lipinski definition) is 2. The molecule has 6 heteroatoms. The number of carbonyl (C=O) groups is 1. The highest BCUT2D eigenvalue weighted by molar-refractivity contribution is 5.92. The van der Waals surface area contributed by atoms with E-state index >= 15 is 0 Å². The fourth-order valence-electron chi connectivity index (χ4n) is 3.07. The van der Waals surface area contributed by atoms with E-state index in [4.69, 9.17) is 4.74 Å². The largest absolute Gasteiger partial charge is 0.379 e. The van der Waals surface area contributed by atoms with Crippen LogP contribution in [0.5, 0.6) is 0 Å². The van der Waals surface area contributed by atoms with Crippen LogP contribution in [0.3, 0.4) is 0 Å². The zero-order valence-electron chi connectivity index (χ0n) is 17.0. The van der Waals surface area contributed by atoms with Crippen molar-refractivity contribution in [2.75, 3.05) is 44.7 Å². The molecule has 150 valence electrons. The normalized spacial score (nSPS) is 15.2. The van der Waals surface area contributed by atoms with Gasteiger partial charge in [-0.15, -0.1) is 0 Å². The molecule has 2 heterocycles. The Morgan fingerprint density at radius 1 is 1.07 bits per heavy atom. The number of ether oxygens (including phenoxy) is 1. The molecule has 3 rings (SSSR count). The van der Waals surface area contributed by atoms with Gasteiger partial charge in [0.2, 0.25) is 0 Å². The zero-order valence-corrected chi connectivity index (χ0v) is 17.0. The number of aromatic nitrogens is 1. The lowest BCUT2D eigenvalue weighted by molar-refractivity contribution is 0.0383. The number of amides is 1. The van der Waals surface area contributed by atoms with E-state index in [1.54, 1.807) is 12.3 Å². The molecular formula is C22H30N4O2. The Morgan fingerprint density at radius 2 is 1.75 bits per heavy atom. The molecule has 0 spiro atoms. The Bertz CT molecular complexity index is 761. The van der Waals surface area contributed by atoms with E-state index in [0.717, 1.165) is 44.2 Å². The van der Waals surface area contributed by atoms with Gasteiger partial charge < -0.3 is 15.4 Å². The van der Waals surface area contributed by atoms with Crippen LogP contribution in [0.25, 0.3) is 0 Å². The van der Waals surface area contributed by atoms with Crippen LogP contribution in [0.15, 0.2) is 42.6 Å². The average Bonchev–Trinajstić information content (AvgIpc) is 2.69. The second-order valence-electron chi connectivity index (χ2n) is 8.09. The van der Waals surface area contributed by atoms with Crippen molar-refractivity contribution in [2.24, 2.45) is 0 Å². The molecule has 0 saturated carbocycles. The zero-order chi connectivity index (χ0) is 20.0.